The minimum Gasteiger partial charge on any atom is -0.395 e. The zero-order valence-corrected chi connectivity index (χ0v) is 9.12. The molecule has 0 spiro atoms. The number of nitrogens with one attached hydrogen (secondary N) is 2. The molecular formula is C9H9N5O4. The third-order valence-electron chi connectivity index (χ3n) is 2.11. The Hall–Kier alpha value is -2.71. The molecule has 0 bridgehead atoms. The summed E-state index contributed by atoms with van der Waals surface area (Å²) in [5, 5.41) is 19.2. The number of aromatic amines is 1. The third-order valence-corrected chi connectivity index (χ3v) is 2.11. The van der Waals surface area contributed by atoms with Crippen molar-refractivity contribution >= 4 is 11.8 Å². The summed E-state index contributed by atoms with van der Waals surface area (Å²) in [6.45, 7) is 0.322. The molecule has 0 aliphatic rings. The minimum atomic E-state index is -0.703. The molecule has 0 atom stereocenters. The van der Waals surface area contributed by atoms with E-state index in [1.54, 1.807) is 0 Å². The molecule has 0 saturated heterocycles. The molecule has 18 heavy (non-hydrogen) atoms. The van der Waals surface area contributed by atoms with Crippen molar-refractivity contribution in [2.45, 2.75) is 6.42 Å². The third kappa shape index (κ3) is 2.70. The molecule has 0 aliphatic carbocycles. The fraction of sp³-hybridized carbons (Fsp3) is 0.222. The molecule has 94 valence electrons. The second-order valence-electron chi connectivity index (χ2n) is 3.33. The molecule has 2 aromatic rings. The maximum Gasteiger partial charge on any atom is 0.433 e. The summed E-state index contributed by atoms with van der Waals surface area (Å²) < 4.78 is 4.75. The number of carbonyl (C=O) groups excluding carboxylic acids is 1. The first-order valence-corrected chi connectivity index (χ1v) is 5.03. The first-order chi connectivity index (χ1) is 8.66. The minimum absolute atomic E-state index is 0.0979. The second kappa shape index (κ2) is 5.08. The highest BCUT2D eigenvalue weighted by Crippen LogP contribution is 2.15. The van der Waals surface area contributed by atoms with E-state index in [4.69, 9.17) is 4.42 Å². The van der Waals surface area contributed by atoms with Crippen molar-refractivity contribution in [2.24, 2.45) is 0 Å². The Morgan fingerprint density at radius 2 is 2.39 bits per heavy atom. The van der Waals surface area contributed by atoms with Crippen LogP contribution in [0.3, 0.4) is 0 Å². The molecule has 2 heterocycles. The van der Waals surface area contributed by atoms with Crippen LogP contribution in [-0.2, 0) is 6.42 Å². The maximum absolute atomic E-state index is 11.5. The molecule has 0 aromatic carbocycles. The zero-order chi connectivity index (χ0) is 13.0. The van der Waals surface area contributed by atoms with Gasteiger partial charge in [-0.2, -0.15) is 5.10 Å². The van der Waals surface area contributed by atoms with Gasteiger partial charge in [0.25, 0.3) is 5.91 Å². The second-order valence-corrected chi connectivity index (χ2v) is 3.33. The fourth-order valence-electron chi connectivity index (χ4n) is 1.28. The number of nitrogens with zero attached hydrogens (tertiary/aromatic N) is 3. The fourth-order valence-corrected chi connectivity index (χ4v) is 1.28. The van der Waals surface area contributed by atoms with Gasteiger partial charge in [0.2, 0.25) is 0 Å². The molecule has 2 rings (SSSR count). The number of hydrogen-bond acceptors (Lipinski definition) is 6. The smallest absolute Gasteiger partial charge is 0.395 e. The maximum atomic E-state index is 11.5. The van der Waals surface area contributed by atoms with Gasteiger partial charge in [-0.1, -0.05) is 0 Å². The molecule has 0 unspecified atom stereocenters. The highest BCUT2D eigenvalue weighted by atomic mass is 16.6. The number of H-pyrrole nitrogens is 1. The van der Waals surface area contributed by atoms with Crippen molar-refractivity contribution in [2.75, 3.05) is 6.54 Å². The first kappa shape index (κ1) is 11.8. The van der Waals surface area contributed by atoms with Gasteiger partial charge in [0.05, 0.1) is 6.07 Å². The van der Waals surface area contributed by atoms with Crippen LogP contribution in [0.2, 0.25) is 0 Å². The standard InChI is InChI=1S/C9H9N5O4/c15-9(6-1-2-8(18-6)14(16)17)10-4-3-7-11-5-12-13-7/h1-2,5H,3-4H2,(H,10,15)(H,11,12,13). The monoisotopic (exact) mass is 251 g/mol. The Bertz CT molecular complexity index is 547. The van der Waals surface area contributed by atoms with Crippen molar-refractivity contribution in [3.05, 3.63) is 40.2 Å². The highest BCUT2D eigenvalue weighted by Gasteiger charge is 2.16. The summed E-state index contributed by atoms with van der Waals surface area (Å²) >= 11 is 0. The average Bonchev–Trinajstić information content (AvgIpc) is 2.99. The molecule has 1 amide bonds. The van der Waals surface area contributed by atoms with Gasteiger partial charge in [-0.25, -0.2) is 4.98 Å². The number of rotatable bonds is 5. The topological polar surface area (TPSA) is 127 Å². The average molecular weight is 251 g/mol. The number of amides is 1. The number of furan rings is 1. The first-order valence-electron chi connectivity index (χ1n) is 5.03. The summed E-state index contributed by atoms with van der Waals surface area (Å²) in [6.07, 6.45) is 1.85. The predicted octanol–water partition coefficient (Wildman–Crippen LogP) is 0.278. The van der Waals surface area contributed by atoms with E-state index >= 15 is 0 Å². The largest absolute Gasteiger partial charge is 0.433 e. The van der Waals surface area contributed by atoms with Crippen molar-refractivity contribution in [3.8, 4) is 0 Å². The van der Waals surface area contributed by atoms with E-state index in [-0.39, 0.29) is 5.76 Å². The van der Waals surface area contributed by atoms with E-state index < -0.39 is 16.7 Å². The van der Waals surface area contributed by atoms with Crippen LogP contribution in [0.15, 0.2) is 22.9 Å². The van der Waals surface area contributed by atoms with E-state index in [1.165, 1.54) is 12.4 Å². The number of hydrogen-bond donors (Lipinski definition) is 2. The molecule has 9 nitrogen and oxygen atoms in total. The Balaban J connectivity index is 1.85. The quantitative estimate of drug-likeness (QED) is 0.580. The van der Waals surface area contributed by atoms with E-state index in [9.17, 15) is 14.9 Å². The van der Waals surface area contributed by atoms with Gasteiger partial charge in [-0.05, 0) is 6.07 Å². The van der Waals surface area contributed by atoms with Gasteiger partial charge in [-0.15, -0.1) is 0 Å². The van der Waals surface area contributed by atoms with Gasteiger partial charge in [0.15, 0.2) is 5.76 Å². The van der Waals surface area contributed by atoms with Crippen LogP contribution in [0.5, 0.6) is 0 Å². The van der Waals surface area contributed by atoms with Crippen LogP contribution >= 0.6 is 0 Å². The van der Waals surface area contributed by atoms with Crippen molar-refractivity contribution in [1.29, 1.82) is 0 Å². The van der Waals surface area contributed by atoms with E-state index in [1.807, 2.05) is 0 Å². The Morgan fingerprint density at radius 3 is 3.00 bits per heavy atom. The van der Waals surface area contributed by atoms with E-state index in [0.717, 1.165) is 6.07 Å². The lowest BCUT2D eigenvalue weighted by atomic mass is 10.3. The van der Waals surface area contributed by atoms with Crippen LogP contribution < -0.4 is 5.32 Å². The SMILES string of the molecule is O=C(NCCc1ncn[nH]1)c1ccc([N+](=O)[O-])o1. The molecule has 2 N–H and O–H groups in total. The van der Waals surface area contributed by atoms with Crippen LogP contribution in [-0.4, -0.2) is 32.6 Å². The molecule has 2 aromatic heterocycles. The van der Waals surface area contributed by atoms with Crippen LogP contribution in [0.1, 0.15) is 16.4 Å². The number of aromatic nitrogens is 3. The van der Waals surface area contributed by atoms with Gasteiger partial charge in [-0.3, -0.25) is 20.0 Å². The molecular weight excluding hydrogens is 242 g/mol. The molecule has 0 saturated carbocycles. The lowest BCUT2D eigenvalue weighted by Crippen LogP contribution is -2.25. The summed E-state index contributed by atoms with van der Waals surface area (Å²) in [5.41, 5.74) is 0. The number of carbonyl (C=O) groups is 1. The van der Waals surface area contributed by atoms with Gasteiger partial charge in [0.1, 0.15) is 17.1 Å². The summed E-state index contributed by atoms with van der Waals surface area (Å²) in [4.78, 5) is 25.1. The molecule has 0 radical (unpaired) electrons. The molecule has 0 aliphatic heterocycles. The van der Waals surface area contributed by atoms with Crippen LogP contribution in [0.4, 0.5) is 5.88 Å². The Kier molecular flexibility index (Phi) is 3.32. The van der Waals surface area contributed by atoms with Gasteiger partial charge in [0, 0.05) is 13.0 Å². The Morgan fingerprint density at radius 1 is 1.56 bits per heavy atom. The van der Waals surface area contributed by atoms with Crippen molar-refractivity contribution in [3.63, 3.8) is 0 Å². The van der Waals surface area contributed by atoms with E-state index in [0.29, 0.717) is 18.8 Å². The summed E-state index contributed by atoms with van der Waals surface area (Å²) in [6, 6.07) is 2.38. The van der Waals surface area contributed by atoms with Crippen molar-refractivity contribution in [1.82, 2.24) is 20.5 Å². The van der Waals surface area contributed by atoms with Crippen LogP contribution in [0.25, 0.3) is 0 Å². The number of nitro groups is 1. The van der Waals surface area contributed by atoms with Gasteiger partial charge >= 0.3 is 5.88 Å². The zero-order valence-electron chi connectivity index (χ0n) is 9.12. The molecule has 0 fully saturated rings. The normalized spacial score (nSPS) is 10.2. The van der Waals surface area contributed by atoms with E-state index in [2.05, 4.69) is 20.5 Å². The van der Waals surface area contributed by atoms with Crippen molar-refractivity contribution < 1.29 is 14.1 Å². The lowest BCUT2D eigenvalue weighted by Gasteiger charge is -2.00. The molecule has 9 heteroatoms. The van der Waals surface area contributed by atoms with Crippen LogP contribution in [0, 0.1) is 10.1 Å². The summed E-state index contributed by atoms with van der Waals surface area (Å²) in [7, 11) is 0. The lowest BCUT2D eigenvalue weighted by molar-refractivity contribution is -0.402. The Labute approximate surface area is 100 Å². The highest BCUT2D eigenvalue weighted by molar-refractivity contribution is 5.91. The van der Waals surface area contributed by atoms with Gasteiger partial charge < -0.3 is 9.73 Å². The summed E-state index contributed by atoms with van der Waals surface area (Å²) in [5.74, 6) is -0.432. The predicted molar refractivity (Wildman–Crippen MR) is 57.8 cm³/mol.